The van der Waals surface area contributed by atoms with Gasteiger partial charge in [0, 0.05) is 12.7 Å². The monoisotopic (exact) mass is 321 g/mol. The van der Waals surface area contributed by atoms with Crippen molar-refractivity contribution in [3.8, 4) is 0 Å². The summed E-state index contributed by atoms with van der Waals surface area (Å²) in [5, 5.41) is 7.38. The first kappa shape index (κ1) is 18.6. The van der Waals surface area contributed by atoms with Crippen LogP contribution in [0, 0.1) is 13.8 Å². The Morgan fingerprint density at radius 2 is 1.87 bits per heavy atom. The fourth-order valence-electron chi connectivity index (χ4n) is 1.99. The number of likely N-dealkylation sites (N-methyl/N-ethyl adjacent to an activating group) is 1. The summed E-state index contributed by atoms with van der Waals surface area (Å²) in [5.74, 6) is -0.614. The number of hydrogen-bond donors (Lipinski definition) is 4. The SMILES string of the molecule is CNC(=O)NC(=O)[C@H](C)[NH+](C)CC(=O)Nc1cccc(C)c1C. The molecule has 0 saturated carbocycles. The van der Waals surface area contributed by atoms with Crippen LogP contribution in [0.1, 0.15) is 18.1 Å². The molecule has 1 rings (SSSR count). The van der Waals surface area contributed by atoms with Gasteiger partial charge in [-0.05, 0) is 38.0 Å². The van der Waals surface area contributed by atoms with Crippen molar-refractivity contribution in [3.63, 3.8) is 0 Å². The molecular weight excluding hydrogens is 296 g/mol. The maximum absolute atomic E-state index is 12.1. The number of amides is 4. The Morgan fingerprint density at radius 3 is 2.48 bits per heavy atom. The minimum atomic E-state index is -0.561. The Hall–Kier alpha value is -2.41. The van der Waals surface area contributed by atoms with Crippen molar-refractivity contribution < 1.29 is 19.3 Å². The Balaban J connectivity index is 2.61. The van der Waals surface area contributed by atoms with Crippen LogP contribution >= 0.6 is 0 Å². The van der Waals surface area contributed by atoms with Gasteiger partial charge in [0.1, 0.15) is 0 Å². The highest BCUT2D eigenvalue weighted by Crippen LogP contribution is 2.17. The third-order valence-electron chi connectivity index (χ3n) is 3.91. The lowest BCUT2D eigenvalue weighted by Gasteiger charge is -2.20. The molecule has 0 heterocycles. The second kappa shape index (κ2) is 8.28. The van der Waals surface area contributed by atoms with Gasteiger partial charge in [0.05, 0.1) is 7.05 Å². The lowest BCUT2D eigenvalue weighted by Crippen LogP contribution is -3.15. The molecule has 1 aromatic carbocycles. The van der Waals surface area contributed by atoms with Gasteiger partial charge in [-0.1, -0.05) is 12.1 Å². The summed E-state index contributed by atoms with van der Waals surface area (Å²) in [6.45, 7) is 5.71. The molecule has 7 nitrogen and oxygen atoms in total. The fraction of sp³-hybridized carbons (Fsp3) is 0.438. The van der Waals surface area contributed by atoms with Crippen LogP contribution in [0.5, 0.6) is 0 Å². The summed E-state index contributed by atoms with van der Waals surface area (Å²) in [5.41, 5.74) is 2.89. The smallest absolute Gasteiger partial charge is 0.321 e. The highest BCUT2D eigenvalue weighted by molar-refractivity contribution is 5.96. The van der Waals surface area contributed by atoms with Crippen molar-refractivity contribution >= 4 is 23.5 Å². The van der Waals surface area contributed by atoms with Gasteiger partial charge in [0.25, 0.3) is 11.8 Å². The van der Waals surface area contributed by atoms with E-state index in [0.717, 1.165) is 16.8 Å². The first-order chi connectivity index (χ1) is 10.8. The summed E-state index contributed by atoms with van der Waals surface area (Å²) in [7, 11) is 3.16. The normalized spacial score (nSPS) is 12.9. The molecule has 0 aromatic heterocycles. The van der Waals surface area contributed by atoms with E-state index >= 15 is 0 Å². The van der Waals surface area contributed by atoms with Crippen LogP contribution in [0.15, 0.2) is 18.2 Å². The molecule has 126 valence electrons. The third kappa shape index (κ3) is 5.37. The number of urea groups is 1. The second-order valence-corrected chi connectivity index (χ2v) is 5.61. The number of hydrogen-bond acceptors (Lipinski definition) is 3. The first-order valence-corrected chi connectivity index (χ1v) is 7.47. The van der Waals surface area contributed by atoms with Crippen molar-refractivity contribution in [3.05, 3.63) is 29.3 Å². The molecule has 0 spiro atoms. The molecule has 0 saturated heterocycles. The number of carbonyl (C=O) groups is 3. The topological polar surface area (TPSA) is 91.7 Å². The van der Waals surface area contributed by atoms with Crippen LogP contribution in [-0.2, 0) is 9.59 Å². The van der Waals surface area contributed by atoms with Crippen molar-refractivity contribution in [2.45, 2.75) is 26.8 Å². The van der Waals surface area contributed by atoms with E-state index in [0.29, 0.717) is 4.90 Å². The molecular formula is C16H25N4O3+. The molecule has 1 aromatic rings. The molecule has 0 aliphatic rings. The van der Waals surface area contributed by atoms with E-state index in [1.54, 1.807) is 14.0 Å². The number of anilines is 1. The number of aryl methyl sites for hydroxylation is 1. The first-order valence-electron chi connectivity index (χ1n) is 7.47. The van der Waals surface area contributed by atoms with E-state index in [9.17, 15) is 14.4 Å². The Bertz CT molecular complexity index is 601. The van der Waals surface area contributed by atoms with Crippen molar-refractivity contribution in [1.82, 2.24) is 10.6 Å². The molecule has 23 heavy (non-hydrogen) atoms. The zero-order valence-electron chi connectivity index (χ0n) is 14.2. The molecule has 0 aliphatic carbocycles. The average Bonchev–Trinajstić information content (AvgIpc) is 2.50. The van der Waals surface area contributed by atoms with Crippen LogP contribution in [0.3, 0.4) is 0 Å². The lowest BCUT2D eigenvalue weighted by molar-refractivity contribution is -0.885. The highest BCUT2D eigenvalue weighted by Gasteiger charge is 2.25. The van der Waals surface area contributed by atoms with Gasteiger partial charge in [0.15, 0.2) is 12.6 Å². The maximum atomic E-state index is 12.1. The number of imide groups is 1. The number of nitrogens with one attached hydrogen (secondary N) is 4. The van der Waals surface area contributed by atoms with Gasteiger partial charge in [-0.15, -0.1) is 0 Å². The summed E-state index contributed by atoms with van der Waals surface area (Å²) in [6.07, 6.45) is 0. The molecule has 0 radical (unpaired) electrons. The maximum Gasteiger partial charge on any atom is 0.321 e. The van der Waals surface area contributed by atoms with E-state index in [2.05, 4.69) is 16.0 Å². The quantitative estimate of drug-likeness (QED) is 0.595. The number of carbonyl (C=O) groups excluding carboxylic acids is 3. The molecule has 7 heteroatoms. The fourth-order valence-corrected chi connectivity index (χ4v) is 1.99. The number of benzene rings is 1. The van der Waals surface area contributed by atoms with Crippen LogP contribution in [0.25, 0.3) is 0 Å². The summed E-state index contributed by atoms with van der Waals surface area (Å²) >= 11 is 0. The summed E-state index contributed by atoms with van der Waals surface area (Å²) in [6, 6.07) is 4.62. The van der Waals surface area contributed by atoms with Gasteiger partial charge < -0.3 is 15.5 Å². The summed E-state index contributed by atoms with van der Waals surface area (Å²) < 4.78 is 0. The molecule has 0 fully saturated rings. The summed E-state index contributed by atoms with van der Waals surface area (Å²) in [4.78, 5) is 35.9. The minimum Gasteiger partial charge on any atom is -0.341 e. The van der Waals surface area contributed by atoms with E-state index in [-0.39, 0.29) is 12.5 Å². The van der Waals surface area contributed by atoms with E-state index in [1.807, 2.05) is 32.0 Å². The van der Waals surface area contributed by atoms with Crippen LogP contribution in [0.4, 0.5) is 10.5 Å². The largest absolute Gasteiger partial charge is 0.341 e. The van der Waals surface area contributed by atoms with Crippen molar-refractivity contribution in [2.24, 2.45) is 0 Å². The van der Waals surface area contributed by atoms with Gasteiger partial charge in [-0.3, -0.25) is 14.9 Å². The average molecular weight is 321 g/mol. The number of quaternary nitrogens is 1. The van der Waals surface area contributed by atoms with Gasteiger partial charge in [0.2, 0.25) is 0 Å². The van der Waals surface area contributed by atoms with Crippen LogP contribution in [-0.4, -0.2) is 44.5 Å². The zero-order chi connectivity index (χ0) is 17.6. The van der Waals surface area contributed by atoms with Crippen molar-refractivity contribution in [2.75, 3.05) is 26.0 Å². The zero-order valence-corrected chi connectivity index (χ0v) is 14.2. The minimum absolute atomic E-state index is 0.121. The molecule has 0 aliphatic heterocycles. The van der Waals surface area contributed by atoms with Gasteiger partial charge >= 0.3 is 6.03 Å². The van der Waals surface area contributed by atoms with E-state index < -0.39 is 18.0 Å². The predicted octanol–water partition coefficient (Wildman–Crippen LogP) is -0.399. The molecule has 4 N–H and O–H groups in total. The Morgan fingerprint density at radius 1 is 1.22 bits per heavy atom. The third-order valence-corrected chi connectivity index (χ3v) is 3.91. The molecule has 0 bridgehead atoms. The van der Waals surface area contributed by atoms with Crippen LogP contribution < -0.4 is 20.9 Å². The van der Waals surface area contributed by atoms with Gasteiger partial charge in [-0.25, -0.2) is 4.79 Å². The molecule has 2 atom stereocenters. The predicted molar refractivity (Wildman–Crippen MR) is 88.4 cm³/mol. The van der Waals surface area contributed by atoms with Gasteiger partial charge in [-0.2, -0.15) is 0 Å². The van der Waals surface area contributed by atoms with E-state index in [1.165, 1.54) is 7.05 Å². The second-order valence-electron chi connectivity index (χ2n) is 5.61. The van der Waals surface area contributed by atoms with E-state index in [4.69, 9.17) is 0 Å². The Labute approximate surface area is 136 Å². The lowest BCUT2D eigenvalue weighted by atomic mass is 10.1. The Kier molecular flexibility index (Phi) is 6.71. The standard InChI is InChI=1S/C16H24N4O3/c1-10-7-6-8-13(11(10)2)18-14(21)9-20(5)12(3)15(22)19-16(23)17-4/h6-8,12H,9H2,1-5H3,(H,18,21)(H2,17,19,22,23)/p+1/t12-/m0/s1. The molecule has 1 unspecified atom stereocenters. The van der Waals surface area contributed by atoms with Crippen molar-refractivity contribution in [1.29, 1.82) is 0 Å². The van der Waals surface area contributed by atoms with Crippen LogP contribution in [0.2, 0.25) is 0 Å². The molecule has 4 amide bonds. The number of rotatable bonds is 5. The highest BCUT2D eigenvalue weighted by atomic mass is 16.2.